The second-order valence-electron chi connectivity index (χ2n) is 6.10. The molecule has 0 saturated carbocycles. The van der Waals surface area contributed by atoms with Gasteiger partial charge in [0.05, 0.1) is 11.4 Å². The van der Waals surface area contributed by atoms with Crippen molar-refractivity contribution in [2.75, 3.05) is 4.31 Å². The Morgan fingerprint density at radius 1 is 1.18 bits per heavy atom. The summed E-state index contributed by atoms with van der Waals surface area (Å²) in [7, 11) is 0. The van der Waals surface area contributed by atoms with E-state index in [0.717, 1.165) is 27.6 Å². The molecular formula is C20H18FN3O3S. The zero-order chi connectivity index (χ0) is 20.1. The molecule has 28 heavy (non-hydrogen) atoms. The van der Waals surface area contributed by atoms with Gasteiger partial charge in [-0.05, 0) is 48.9 Å². The average molecular weight is 399 g/mol. The first-order chi connectivity index (χ1) is 13.4. The fraction of sp³-hybridized carbons (Fsp3) is 0.100. The van der Waals surface area contributed by atoms with Gasteiger partial charge in [-0.1, -0.05) is 23.8 Å². The number of pyridine rings is 1. The van der Waals surface area contributed by atoms with Crippen LogP contribution in [0.25, 0.3) is 0 Å². The molecule has 0 spiro atoms. The van der Waals surface area contributed by atoms with Crippen LogP contribution in [-0.4, -0.2) is 19.7 Å². The maximum absolute atomic E-state index is 14.2. The van der Waals surface area contributed by atoms with E-state index in [-0.39, 0.29) is 17.8 Å². The van der Waals surface area contributed by atoms with Crippen LogP contribution in [0, 0.1) is 12.7 Å². The summed E-state index contributed by atoms with van der Waals surface area (Å²) in [6.45, 7) is 2.11. The molecule has 144 valence electrons. The van der Waals surface area contributed by atoms with Gasteiger partial charge in [0.2, 0.25) is 0 Å². The summed E-state index contributed by atoms with van der Waals surface area (Å²) in [5.74, 6) is -1.19. The number of benzene rings is 2. The maximum atomic E-state index is 14.2. The van der Waals surface area contributed by atoms with Crippen molar-refractivity contribution in [3.8, 4) is 0 Å². The molecule has 0 radical (unpaired) electrons. The van der Waals surface area contributed by atoms with Crippen LogP contribution < -0.4 is 9.62 Å². The van der Waals surface area contributed by atoms with E-state index in [4.69, 9.17) is 0 Å². The van der Waals surface area contributed by atoms with Gasteiger partial charge in [0.15, 0.2) is 0 Å². The Morgan fingerprint density at radius 2 is 1.93 bits per heavy atom. The van der Waals surface area contributed by atoms with Crippen LogP contribution in [0.1, 0.15) is 21.5 Å². The number of carbonyl (C=O) groups excluding carboxylic acids is 1. The second-order valence-corrected chi connectivity index (χ2v) is 6.93. The number of nitrogens with zero attached hydrogens (tertiary/aromatic N) is 2. The van der Waals surface area contributed by atoms with Gasteiger partial charge >= 0.3 is 0 Å². The first kappa shape index (κ1) is 19.7. The van der Waals surface area contributed by atoms with Crippen LogP contribution in [0.3, 0.4) is 0 Å². The van der Waals surface area contributed by atoms with Crippen LogP contribution >= 0.6 is 0 Å². The molecule has 0 aliphatic carbocycles. The average Bonchev–Trinajstić information content (AvgIpc) is 2.68. The van der Waals surface area contributed by atoms with Crippen molar-refractivity contribution < 1.29 is 17.9 Å². The summed E-state index contributed by atoms with van der Waals surface area (Å²) < 4.78 is 36.8. The lowest BCUT2D eigenvalue weighted by molar-refractivity contribution is 0.0950. The van der Waals surface area contributed by atoms with Crippen molar-refractivity contribution in [2.24, 2.45) is 0 Å². The quantitative estimate of drug-likeness (QED) is 0.619. The molecule has 3 rings (SSSR count). The third kappa shape index (κ3) is 4.79. The fourth-order valence-electron chi connectivity index (χ4n) is 2.62. The molecule has 1 heterocycles. The van der Waals surface area contributed by atoms with Gasteiger partial charge in [-0.3, -0.25) is 14.3 Å². The van der Waals surface area contributed by atoms with Gasteiger partial charge in [-0.25, -0.2) is 12.9 Å². The molecule has 1 aromatic heterocycles. The van der Waals surface area contributed by atoms with Crippen LogP contribution in [0.2, 0.25) is 0 Å². The number of hydrogen-bond acceptors (Lipinski definition) is 3. The third-order valence-corrected chi connectivity index (χ3v) is 4.71. The maximum Gasteiger partial charge on any atom is 0.266 e. The summed E-state index contributed by atoms with van der Waals surface area (Å²) in [6, 6.07) is 14.0. The molecule has 2 N–H and O–H groups in total. The van der Waals surface area contributed by atoms with E-state index >= 15 is 0 Å². The molecule has 3 aromatic rings. The lowest BCUT2D eigenvalue weighted by Crippen LogP contribution is -2.24. The zero-order valence-electron chi connectivity index (χ0n) is 15.0. The van der Waals surface area contributed by atoms with E-state index in [1.165, 1.54) is 6.07 Å². The minimum Gasteiger partial charge on any atom is -0.348 e. The monoisotopic (exact) mass is 399 g/mol. The highest BCUT2D eigenvalue weighted by molar-refractivity contribution is 7.81. The summed E-state index contributed by atoms with van der Waals surface area (Å²) in [6.07, 6.45) is 3.24. The topological polar surface area (TPSA) is 82.5 Å². The smallest absolute Gasteiger partial charge is 0.266 e. The van der Waals surface area contributed by atoms with Crippen molar-refractivity contribution in [1.29, 1.82) is 0 Å². The van der Waals surface area contributed by atoms with Crippen LogP contribution in [-0.2, 0) is 17.8 Å². The summed E-state index contributed by atoms with van der Waals surface area (Å²) in [5, 5.41) is 2.68. The van der Waals surface area contributed by atoms with Gasteiger partial charge in [0.1, 0.15) is 5.82 Å². The van der Waals surface area contributed by atoms with E-state index in [1.54, 1.807) is 48.8 Å². The minimum absolute atomic E-state index is 0.0430. The highest BCUT2D eigenvalue weighted by Gasteiger charge is 2.18. The fourth-order valence-corrected chi connectivity index (χ4v) is 3.21. The van der Waals surface area contributed by atoms with Gasteiger partial charge in [-0.2, -0.15) is 0 Å². The first-order valence-corrected chi connectivity index (χ1v) is 9.46. The number of rotatable bonds is 6. The van der Waals surface area contributed by atoms with E-state index < -0.39 is 23.0 Å². The summed E-state index contributed by atoms with van der Waals surface area (Å²) in [4.78, 5) is 16.4. The van der Waals surface area contributed by atoms with E-state index in [9.17, 15) is 17.9 Å². The molecular weight excluding hydrogens is 381 g/mol. The van der Waals surface area contributed by atoms with Gasteiger partial charge in [0.25, 0.3) is 17.2 Å². The van der Waals surface area contributed by atoms with Crippen LogP contribution in [0.15, 0.2) is 67.0 Å². The molecule has 6 nitrogen and oxygen atoms in total. The van der Waals surface area contributed by atoms with Crippen LogP contribution in [0.4, 0.5) is 15.8 Å². The van der Waals surface area contributed by atoms with Gasteiger partial charge < -0.3 is 5.32 Å². The van der Waals surface area contributed by atoms with Crippen molar-refractivity contribution in [2.45, 2.75) is 13.5 Å². The molecule has 2 aromatic carbocycles. The van der Waals surface area contributed by atoms with Gasteiger partial charge in [0, 0.05) is 24.5 Å². The number of aryl methyl sites for hydroxylation is 1. The summed E-state index contributed by atoms with van der Waals surface area (Å²) in [5.41, 5.74) is 2.31. The number of halogens is 1. The lowest BCUT2D eigenvalue weighted by atomic mass is 10.1. The second kappa shape index (κ2) is 8.73. The predicted molar refractivity (Wildman–Crippen MR) is 106 cm³/mol. The largest absolute Gasteiger partial charge is 0.348 e. The molecule has 0 fully saturated rings. The van der Waals surface area contributed by atoms with Crippen LogP contribution in [0.5, 0.6) is 0 Å². The number of carbonyl (C=O) groups is 1. The molecule has 0 saturated heterocycles. The SMILES string of the molecule is Cc1ccc(N(c2cc(F)cc(C(=O)NCc3cccnc3)c2)S(=O)O)cc1. The van der Waals surface area contributed by atoms with E-state index in [1.807, 2.05) is 6.92 Å². The molecule has 1 amide bonds. The zero-order valence-corrected chi connectivity index (χ0v) is 15.8. The normalized spacial score (nSPS) is 11.7. The Bertz CT molecular complexity index is 997. The number of nitrogens with one attached hydrogen (secondary N) is 1. The van der Waals surface area contributed by atoms with Crippen molar-refractivity contribution >= 4 is 28.5 Å². The number of amides is 1. The highest BCUT2D eigenvalue weighted by atomic mass is 32.2. The molecule has 0 aliphatic rings. The van der Waals surface area contributed by atoms with E-state index in [2.05, 4.69) is 10.3 Å². The molecule has 8 heteroatoms. The summed E-state index contributed by atoms with van der Waals surface area (Å²) >= 11 is -2.45. The Morgan fingerprint density at radius 3 is 2.57 bits per heavy atom. The standard InChI is InChI=1S/C20H18FN3O3S/c1-14-4-6-18(7-5-14)24(28(26)27)19-10-16(9-17(21)11-19)20(25)23-13-15-3-2-8-22-12-15/h2-12H,13H2,1H3,(H,23,25)(H,26,27). The highest BCUT2D eigenvalue weighted by Crippen LogP contribution is 2.28. The Kier molecular flexibility index (Phi) is 6.13. The van der Waals surface area contributed by atoms with Crippen molar-refractivity contribution in [3.05, 3.63) is 89.5 Å². The Hall–Kier alpha value is -3.10. The van der Waals surface area contributed by atoms with Crippen molar-refractivity contribution in [1.82, 2.24) is 10.3 Å². The third-order valence-electron chi connectivity index (χ3n) is 3.98. The van der Waals surface area contributed by atoms with E-state index in [0.29, 0.717) is 5.69 Å². The Labute approximate surface area is 164 Å². The molecule has 1 atom stereocenters. The molecule has 1 unspecified atom stereocenters. The number of hydrogen-bond donors (Lipinski definition) is 2. The molecule has 0 aliphatic heterocycles. The number of anilines is 2. The molecule has 0 bridgehead atoms. The Balaban J connectivity index is 1.87. The van der Waals surface area contributed by atoms with Crippen molar-refractivity contribution in [3.63, 3.8) is 0 Å². The first-order valence-electron chi connectivity index (χ1n) is 8.39. The predicted octanol–water partition coefficient (Wildman–Crippen LogP) is 3.73. The minimum atomic E-state index is -2.45. The lowest BCUT2D eigenvalue weighted by Gasteiger charge is -2.21. The number of aromatic nitrogens is 1. The van der Waals surface area contributed by atoms with Gasteiger partial charge in [-0.15, -0.1) is 0 Å².